The molecule has 1 aromatic carbocycles. The summed E-state index contributed by atoms with van der Waals surface area (Å²) in [4.78, 5) is 3.51. The van der Waals surface area contributed by atoms with Crippen LogP contribution in [0.4, 0.5) is 4.39 Å². The van der Waals surface area contributed by atoms with Crippen LogP contribution in [0, 0.1) is 5.95 Å². The Labute approximate surface area is 118 Å². The van der Waals surface area contributed by atoms with Gasteiger partial charge in [0, 0.05) is 17.3 Å². The van der Waals surface area contributed by atoms with Gasteiger partial charge in [0.25, 0.3) is 5.95 Å². The molecule has 0 aliphatic rings. The van der Waals surface area contributed by atoms with Crippen LogP contribution in [0.15, 0.2) is 24.4 Å². The SMILES string of the molecule is COc1c(-c2c(Cl)ccc(Cl)c2Cl)ccnc1F. The largest absolute Gasteiger partial charge is 0.491 e. The number of rotatable bonds is 2. The molecule has 0 saturated carbocycles. The normalized spacial score (nSPS) is 10.5. The van der Waals surface area contributed by atoms with E-state index < -0.39 is 5.95 Å². The van der Waals surface area contributed by atoms with Gasteiger partial charge in [0.15, 0.2) is 5.75 Å². The van der Waals surface area contributed by atoms with E-state index in [0.29, 0.717) is 21.2 Å². The highest BCUT2D eigenvalue weighted by molar-refractivity contribution is 6.46. The Bertz CT molecular complexity index is 604. The monoisotopic (exact) mass is 305 g/mol. The van der Waals surface area contributed by atoms with Gasteiger partial charge in [0.05, 0.1) is 22.2 Å². The lowest BCUT2D eigenvalue weighted by Gasteiger charge is -2.12. The number of hydrogen-bond donors (Lipinski definition) is 0. The van der Waals surface area contributed by atoms with Crippen molar-refractivity contribution in [2.45, 2.75) is 0 Å². The molecule has 1 aromatic heterocycles. The second-order valence-corrected chi connectivity index (χ2v) is 4.59. The zero-order valence-electron chi connectivity index (χ0n) is 9.18. The van der Waals surface area contributed by atoms with Crippen molar-refractivity contribution in [2.24, 2.45) is 0 Å². The summed E-state index contributed by atoms with van der Waals surface area (Å²) in [5.74, 6) is -0.759. The molecule has 0 unspecified atom stereocenters. The minimum Gasteiger partial charge on any atom is -0.491 e. The summed E-state index contributed by atoms with van der Waals surface area (Å²) in [5.41, 5.74) is 0.825. The number of benzene rings is 1. The molecule has 0 bridgehead atoms. The summed E-state index contributed by atoms with van der Waals surface area (Å²) in [6.07, 6.45) is 1.31. The number of nitrogens with zero attached hydrogens (tertiary/aromatic N) is 1. The summed E-state index contributed by atoms with van der Waals surface area (Å²) >= 11 is 18.1. The number of methoxy groups -OCH3 is 1. The van der Waals surface area contributed by atoms with Crippen LogP contribution in [-0.2, 0) is 0 Å². The lowest BCUT2D eigenvalue weighted by molar-refractivity contribution is 0.379. The van der Waals surface area contributed by atoms with E-state index in [1.54, 1.807) is 18.2 Å². The highest BCUT2D eigenvalue weighted by atomic mass is 35.5. The predicted octanol–water partition coefficient (Wildman–Crippen LogP) is 4.86. The van der Waals surface area contributed by atoms with E-state index in [9.17, 15) is 4.39 Å². The second-order valence-electron chi connectivity index (χ2n) is 3.40. The molecule has 0 amide bonds. The Kier molecular flexibility index (Phi) is 3.95. The zero-order valence-corrected chi connectivity index (χ0v) is 11.4. The van der Waals surface area contributed by atoms with Crippen molar-refractivity contribution in [2.75, 3.05) is 7.11 Å². The second kappa shape index (κ2) is 5.31. The van der Waals surface area contributed by atoms with Gasteiger partial charge in [-0.1, -0.05) is 34.8 Å². The number of halogens is 4. The maximum atomic E-state index is 13.5. The van der Waals surface area contributed by atoms with Crippen LogP contribution in [0.3, 0.4) is 0 Å². The molecule has 2 nitrogen and oxygen atoms in total. The Morgan fingerprint density at radius 3 is 2.44 bits per heavy atom. The molecule has 0 radical (unpaired) electrons. The minimum absolute atomic E-state index is 0.0245. The third kappa shape index (κ3) is 2.26. The molecule has 0 aliphatic carbocycles. The average Bonchev–Trinajstić information content (AvgIpc) is 2.35. The van der Waals surface area contributed by atoms with Crippen LogP contribution in [-0.4, -0.2) is 12.1 Å². The van der Waals surface area contributed by atoms with Crippen LogP contribution < -0.4 is 4.74 Å². The van der Waals surface area contributed by atoms with Gasteiger partial charge in [-0.15, -0.1) is 0 Å². The molecule has 2 rings (SSSR count). The lowest BCUT2D eigenvalue weighted by atomic mass is 10.1. The van der Waals surface area contributed by atoms with Gasteiger partial charge < -0.3 is 4.74 Å². The number of hydrogen-bond acceptors (Lipinski definition) is 2. The molecule has 18 heavy (non-hydrogen) atoms. The molecule has 0 aliphatic heterocycles. The summed E-state index contributed by atoms with van der Waals surface area (Å²) in [5, 5.41) is 0.928. The first-order chi connectivity index (χ1) is 8.56. The fourth-order valence-corrected chi connectivity index (χ4v) is 2.32. The average molecular weight is 307 g/mol. The van der Waals surface area contributed by atoms with E-state index in [0.717, 1.165) is 0 Å². The Balaban J connectivity index is 2.77. The first-order valence-corrected chi connectivity index (χ1v) is 6.02. The van der Waals surface area contributed by atoms with Crippen molar-refractivity contribution < 1.29 is 9.13 Å². The van der Waals surface area contributed by atoms with Gasteiger partial charge in [0.1, 0.15) is 0 Å². The maximum Gasteiger partial charge on any atom is 0.255 e. The number of ether oxygens (including phenoxy) is 1. The molecule has 0 atom stereocenters. The Morgan fingerprint density at radius 2 is 1.78 bits per heavy atom. The first kappa shape index (κ1) is 13.4. The number of aromatic nitrogens is 1. The van der Waals surface area contributed by atoms with E-state index >= 15 is 0 Å². The molecule has 0 spiro atoms. The lowest BCUT2D eigenvalue weighted by Crippen LogP contribution is -1.95. The van der Waals surface area contributed by atoms with E-state index in [1.165, 1.54) is 13.3 Å². The summed E-state index contributed by atoms with van der Waals surface area (Å²) < 4.78 is 18.5. The fourth-order valence-electron chi connectivity index (χ4n) is 1.59. The van der Waals surface area contributed by atoms with Gasteiger partial charge in [-0.3, -0.25) is 0 Å². The van der Waals surface area contributed by atoms with Crippen molar-refractivity contribution in [1.29, 1.82) is 0 Å². The van der Waals surface area contributed by atoms with E-state index in [2.05, 4.69) is 4.98 Å². The third-order valence-electron chi connectivity index (χ3n) is 2.38. The van der Waals surface area contributed by atoms with Crippen LogP contribution in [0.5, 0.6) is 5.75 Å². The van der Waals surface area contributed by atoms with Gasteiger partial charge in [-0.2, -0.15) is 4.39 Å². The Hall–Kier alpha value is -1.03. The summed E-state index contributed by atoms with van der Waals surface area (Å²) in [7, 11) is 1.34. The van der Waals surface area contributed by atoms with Crippen LogP contribution in [0.2, 0.25) is 15.1 Å². The van der Waals surface area contributed by atoms with Crippen molar-refractivity contribution in [3.05, 3.63) is 45.4 Å². The molecule has 0 N–H and O–H groups in total. The first-order valence-electron chi connectivity index (χ1n) is 4.88. The predicted molar refractivity (Wildman–Crippen MR) is 71.2 cm³/mol. The molecule has 6 heteroatoms. The van der Waals surface area contributed by atoms with Gasteiger partial charge in [-0.25, -0.2) is 4.98 Å². The van der Waals surface area contributed by atoms with Gasteiger partial charge in [-0.05, 0) is 18.2 Å². The molecule has 2 aromatic rings. The van der Waals surface area contributed by atoms with Crippen LogP contribution in [0.25, 0.3) is 11.1 Å². The van der Waals surface area contributed by atoms with E-state index in [4.69, 9.17) is 39.5 Å². The maximum absolute atomic E-state index is 13.5. The standard InChI is InChI=1S/C12H7Cl3FNO/c1-18-11-6(4-5-17-12(11)16)9-7(13)2-3-8(14)10(9)15/h2-5H,1H3. The zero-order chi connectivity index (χ0) is 13.3. The van der Waals surface area contributed by atoms with Crippen molar-refractivity contribution in [3.8, 4) is 16.9 Å². The summed E-state index contributed by atoms with van der Waals surface area (Å²) in [6.45, 7) is 0. The van der Waals surface area contributed by atoms with Crippen molar-refractivity contribution in [1.82, 2.24) is 4.98 Å². The van der Waals surface area contributed by atoms with Gasteiger partial charge in [0.2, 0.25) is 0 Å². The van der Waals surface area contributed by atoms with Crippen LogP contribution >= 0.6 is 34.8 Å². The quantitative estimate of drug-likeness (QED) is 0.584. The Morgan fingerprint density at radius 1 is 1.11 bits per heavy atom. The number of pyridine rings is 1. The highest BCUT2D eigenvalue weighted by Gasteiger charge is 2.18. The van der Waals surface area contributed by atoms with Crippen molar-refractivity contribution >= 4 is 34.8 Å². The minimum atomic E-state index is -0.734. The van der Waals surface area contributed by atoms with E-state index in [1.807, 2.05) is 0 Å². The van der Waals surface area contributed by atoms with E-state index in [-0.39, 0.29) is 10.8 Å². The topological polar surface area (TPSA) is 22.1 Å². The smallest absolute Gasteiger partial charge is 0.255 e. The van der Waals surface area contributed by atoms with Gasteiger partial charge >= 0.3 is 0 Å². The van der Waals surface area contributed by atoms with Crippen LogP contribution in [0.1, 0.15) is 0 Å². The molecule has 0 saturated heterocycles. The molecule has 0 fully saturated rings. The van der Waals surface area contributed by atoms with Crippen molar-refractivity contribution in [3.63, 3.8) is 0 Å². The summed E-state index contributed by atoms with van der Waals surface area (Å²) in [6, 6.07) is 4.72. The molecule has 94 valence electrons. The molecular formula is C12H7Cl3FNO. The molecule has 1 heterocycles. The fraction of sp³-hybridized carbons (Fsp3) is 0.0833. The highest BCUT2D eigenvalue weighted by Crippen LogP contribution is 2.42. The molecular weight excluding hydrogens is 299 g/mol. The third-order valence-corrected chi connectivity index (χ3v) is 3.50.